The van der Waals surface area contributed by atoms with E-state index >= 15 is 0 Å². The Bertz CT molecular complexity index is 794. The van der Waals surface area contributed by atoms with Crippen LogP contribution in [0.15, 0.2) is 0 Å². The Labute approximate surface area is 325 Å². The quantitative estimate of drug-likeness (QED) is 0.0342. The smallest absolute Gasteiger partial charge is 0.305 e. The Balaban J connectivity index is 3.53. The molecule has 9 heteroatoms. The molecule has 0 aliphatic heterocycles. The normalized spacial score (nSPS) is 12.3. The number of unbranched alkanes of at least 4 members (excludes halogenated alkanes) is 20. The summed E-state index contributed by atoms with van der Waals surface area (Å²) in [4.78, 5) is 46.7. The minimum absolute atomic E-state index is 0.0790. The van der Waals surface area contributed by atoms with Crippen molar-refractivity contribution < 1.29 is 42.9 Å². The molecular formula is C44H82O9. The van der Waals surface area contributed by atoms with Crippen LogP contribution in [0.5, 0.6) is 0 Å². The first kappa shape index (κ1) is 50.8. The molecule has 0 aromatic heterocycles. The van der Waals surface area contributed by atoms with E-state index in [1.165, 1.54) is 104 Å². The van der Waals surface area contributed by atoms with Crippen LogP contribution in [0.25, 0.3) is 0 Å². The van der Waals surface area contributed by atoms with E-state index in [0.717, 1.165) is 89.9 Å². The van der Waals surface area contributed by atoms with Crippen LogP contribution < -0.4 is 0 Å². The predicted octanol–water partition coefficient (Wildman–Crippen LogP) is 11.7. The number of carbonyl (C=O) groups is 4. The molecule has 0 N–H and O–H groups in total. The number of rotatable bonds is 40. The molecule has 0 rings (SSSR count). The van der Waals surface area contributed by atoms with Crippen molar-refractivity contribution in [2.45, 2.75) is 233 Å². The summed E-state index contributed by atoms with van der Waals surface area (Å²) in [6.45, 7) is 8.47. The first-order valence-electron chi connectivity index (χ1n) is 22.0. The third kappa shape index (κ3) is 39.4. The highest BCUT2D eigenvalue weighted by Gasteiger charge is 2.13. The minimum Gasteiger partial charge on any atom is -0.463 e. The largest absolute Gasteiger partial charge is 0.463 e. The molecule has 53 heavy (non-hydrogen) atoms. The molecule has 9 nitrogen and oxygen atoms in total. The molecule has 2 atom stereocenters. The van der Waals surface area contributed by atoms with Gasteiger partial charge >= 0.3 is 23.9 Å². The van der Waals surface area contributed by atoms with E-state index < -0.39 is 0 Å². The third-order valence-electron chi connectivity index (χ3n) is 9.72. The third-order valence-corrected chi connectivity index (χ3v) is 9.72. The average Bonchev–Trinajstić information content (AvgIpc) is 3.12. The lowest BCUT2D eigenvalue weighted by Crippen LogP contribution is -2.16. The second-order valence-corrected chi connectivity index (χ2v) is 14.9. The number of hydrogen-bond acceptors (Lipinski definition) is 9. The van der Waals surface area contributed by atoms with Crippen LogP contribution in [-0.4, -0.2) is 62.5 Å². The first-order chi connectivity index (χ1) is 25.8. The van der Waals surface area contributed by atoms with E-state index in [2.05, 4.69) is 13.8 Å². The van der Waals surface area contributed by atoms with E-state index in [-0.39, 0.29) is 49.3 Å². The van der Waals surface area contributed by atoms with Crippen molar-refractivity contribution in [3.05, 3.63) is 0 Å². The maximum absolute atomic E-state index is 12.0. The number of esters is 4. The summed E-state index contributed by atoms with van der Waals surface area (Å²) in [5.74, 6) is -0.701. The zero-order valence-corrected chi connectivity index (χ0v) is 34.9. The van der Waals surface area contributed by atoms with E-state index in [4.69, 9.17) is 23.7 Å². The van der Waals surface area contributed by atoms with Gasteiger partial charge in [-0.2, -0.15) is 0 Å². The Hall–Kier alpha value is -2.16. The standard InChI is InChI=1S/C44H82O9/c1-5-7-9-23-29-41(52-39(3)45)31-25-19-15-11-13-17-21-27-33-43(47)50-37-35-49-36-38-51-44(48)34-28-22-18-14-12-16-20-26-32-42(53-40(4)46)30-24-10-8-6-2/h41-42H,5-38H2,1-4H3. The van der Waals surface area contributed by atoms with Gasteiger partial charge in [0.15, 0.2) is 0 Å². The summed E-state index contributed by atoms with van der Waals surface area (Å²) < 4.78 is 27.0. The first-order valence-corrected chi connectivity index (χ1v) is 22.0. The summed E-state index contributed by atoms with van der Waals surface area (Å²) in [7, 11) is 0. The fourth-order valence-corrected chi connectivity index (χ4v) is 6.67. The Morgan fingerprint density at radius 1 is 0.377 bits per heavy atom. The predicted molar refractivity (Wildman–Crippen MR) is 214 cm³/mol. The molecule has 0 radical (unpaired) electrons. The zero-order chi connectivity index (χ0) is 39.0. The average molecular weight is 755 g/mol. The van der Waals surface area contributed by atoms with Crippen LogP contribution in [0.2, 0.25) is 0 Å². The molecular weight excluding hydrogens is 672 g/mol. The monoisotopic (exact) mass is 755 g/mol. The van der Waals surface area contributed by atoms with Crippen LogP contribution in [0.1, 0.15) is 220 Å². The molecule has 0 fully saturated rings. The molecule has 0 aliphatic rings. The van der Waals surface area contributed by atoms with Crippen LogP contribution in [0, 0.1) is 0 Å². The van der Waals surface area contributed by atoms with Crippen LogP contribution in [-0.2, 0) is 42.9 Å². The van der Waals surface area contributed by atoms with E-state index in [1.54, 1.807) is 0 Å². The van der Waals surface area contributed by atoms with E-state index in [0.29, 0.717) is 26.1 Å². The van der Waals surface area contributed by atoms with Crippen molar-refractivity contribution in [1.29, 1.82) is 0 Å². The molecule has 0 saturated heterocycles. The lowest BCUT2D eigenvalue weighted by molar-refractivity contribution is -0.148. The van der Waals surface area contributed by atoms with Crippen LogP contribution in [0.3, 0.4) is 0 Å². The topological polar surface area (TPSA) is 114 Å². The number of ether oxygens (including phenoxy) is 5. The Morgan fingerprint density at radius 2 is 0.660 bits per heavy atom. The van der Waals surface area contributed by atoms with Gasteiger partial charge in [-0.25, -0.2) is 0 Å². The number of hydrogen-bond donors (Lipinski definition) is 0. The SMILES string of the molecule is CCCCCCC(CCCCCCCCCCC(=O)OCCOCCOC(=O)CCCCCCCCCCC(CCCCCC)OC(C)=O)OC(C)=O. The zero-order valence-electron chi connectivity index (χ0n) is 34.9. The lowest BCUT2D eigenvalue weighted by Gasteiger charge is -2.17. The van der Waals surface area contributed by atoms with Gasteiger partial charge in [-0.3, -0.25) is 19.2 Å². The molecule has 0 aliphatic carbocycles. The number of carbonyl (C=O) groups excluding carboxylic acids is 4. The van der Waals surface area contributed by atoms with Crippen LogP contribution >= 0.6 is 0 Å². The second kappa shape index (κ2) is 39.5. The summed E-state index contributed by atoms with van der Waals surface area (Å²) in [5.41, 5.74) is 0. The summed E-state index contributed by atoms with van der Waals surface area (Å²) in [5, 5.41) is 0. The fourth-order valence-electron chi connectivity index (χ4n) is 6.67. The highest BCUT2D eigenvalue weighted by Crippen LogP contribution is 2.18. The van der Waals surface area contributed by atoms with Crippen molar-refractivity contribution in [3.8, 4) is 0 Å². The van der Waals surface area contributed by atoms with Crippen molar-refractivity contribution in [2.75, 3.05) is 26.4 Å². The van der Waals surface area contributed by atoms with Gasteiger partial charge in [0.2, 0.25) is 0 Å². The lowest BCUT2D eigenvalue weighted by atomic mass is 10.0. The summed E-state index contributed by atoms with van der Waals surface area (Å²) in [6.07, 6.45) is 32.3. The Morgan fingerprint density at radius 3 is 0.962 bits per heavy atom. The summed E-state index contributed by atoms with van der Waals surface area (Å²) in [6, 6.07) is 0. The van der Waals surface area contributed by atoms with Crippen molar-refractivity contribution >= 4 is 23.9 Å². The molecule has 0 spiro atoms. The van der Waals surface area contributed by atoms with Gasteiger partial charge in [-0.1, -0.05) is 129 Å². The van der Waals surface area contributed by atoms with E-state index in [9.17, 15) is 19.2 Å². The van der Waals surface area contributed by atoms with Gasteiger partial charge in [0.1, 0.15) is 25.4 Å². The second-order valence-electron chi connectivity index (χ2n) is 14.9. The van der Waals surface area contributed by atoms with Crippen LogP contribution in [0.4, 0.5) is 0 Å². The van der Waals surface area contributed by atoms with Gasteiger partial charge in [0.05, 0.1) is 13.2 Å². The van der Waals surface area contributed by atoms with Gasteiger partial charge in [0.25, 0.3) is 0 Å². The minimum atomic E-state index is -0.185. The molecule has 2 unspecified atom stereocenters. The molecule has 0 heterocycles. The molecule has 312 valence electrons. The highest BCUT2D eigenvalue weighted by molar-refractivity contribution is 5.69. The Kier molecular flexibility index (Phi) is 37.9. The van der Waals surface area contributed by atoms with Crippen molar-refractivity contribution in [1.82, 2.24) is 0 Å². The molecule has 0 saturated carbocycles. The van der Waals surface area contributed by atoms with Gasteiger partial charge < -0.3 is 23.7 Å². The van der Waals surface area contributed by atoms with Crippen molar-refractivity contribution in [2.24, 2.45) is 0 Å². The van der Waals surface area contributed by atoms with Crippen molar-refractivity contribution in [3.63, 3.8) is 0 Å². The maximum Gasteiger partial charge on any atom is 0.305 e. The molecule has 0 bridgehead atoms. The summed E-state index contributed by atoms with van der Waals surface area (Å²) >= 11 is 0. The maximum atomic E-state index is 12.0. The van der Waals surface area contributed by atoms with E-state index in [1.807, 2.05) is 0 Å². The fraction of sp³-hybridized carbons (Fsp3) is 0.909. The molecule has 0 amide bonds. The molecule has 0 aromatic carbocycles. The van der Waals surface area contributed by atoms with Gasteiger partial charge in [0, 0.05) is 26.7 Å². The molecule has 0 aromatic rings. The highest BCUT2D eigenvalue weighted by atomic mass is 16.6. The van der Waals surface area contributed by atoms with Gasteiger partial charge in [-0.05, 0) is 64.2 Å². The van der Waals surface area contributed by atoms with Gasteiger partial charge in [-0.15, -0.1) is 0 Å².